The van der Waals surface area contributed by atoms with E-state index in [9.17, 15) is 4.79 Å². The lowest BCUT2D eigenvalue weighted by Crippen LogP contribution is -2.51. The molecule has 4 heterocycles. The number of carbonyl (C=O) groups excluding carboxylic acids is 1. The van der Waals surface area contributed by atoms with E-state index in [0.29, 0.717) is 17.9 Å². The van der Waals surface area contributed by atoms with E-state index >= 15 is 0 Å². The maximum atomic E-state index is 12.2. The Morgan fingerprint density at radius 2 is 2.04 bits per heavy atom. The minimum atomic E-state index is -0.547. The van der Waals surface area contributed by atoms with Crippen molar-refractivity contribution in [2.24, 2.45) is 5.73 Å². The van der Waals surface area contributed by atoms with E-state index in [1.165, 1.54) is 0 Å². The molecule has 2 aliphatic rings. The van der Waals surface area contributed by atoms with Crippen LogP contribution in [0.4, 0.5) is 0 Å². The first-order valence-electron chi connectivity index (χ1n) is 9.69. The summed E-state index contributed by atoms with van der Waals surface area (Å²) in [4.78, 5) is 20.7. The Hall–Kier alpha value is -2.78. The van der Waals surface area contributed by atoms with Crippen molar-refractivity contribution in [3.63, 3.8) is 0 Å². The number of nitrogens with two attached hydrogens (primary N) is 1. The van der Waals surface area contributed by atoms with Gasteiger partial charge in [-0.3, -0.25) is 14.0 Å². The summed E-state index contributed by atoms with van der Waals surface area (Å²) >= 11 is 0. The molecule has 3 N–H and O–H groups in total. The smallest absolute Gasteiger partial charge is 0.269 e. The summed E-state index contributed by atoms with van der Waals surface area (Å²) in [5.74, 6) is 0.0584. The number of hydrogen-bond acceptors (Lipinski definition) is 6. The number of carbonyl (C=O) groups is 1. The van der Waals surface area contributed by atoms with E-state index in [1.807, 2.05) is 10.7 Å². The number of hydrogen-bond donors (Lipinski definition) is 2. The lowest BCUT2D eigenvalue weighted by molar-refractivity contribution is -0.0126. The van der Waals surface area contributed by atoms with Crippen LogP contribution in [0.25, 0.3) is 16.7 Å². The summed E-state index contributed by atoms with van der Waals surface area (Å²) in [5, 5.41) is 9.12. The van der Waals surface area contributed by atoms with Gasteiger partial charge in [0.15, 0.2) is 5.69 Å². The summed E-state index contributed by atoms with van der Waals surface area (Å²) in [6, 6.07) is 3.18. The number of nitrogens with zero attached hydrogens (tertiary/aromatic N) is 5. The first-order valence-corrected chi connectivity index (χ1v) is 9.69. The molecule has 0 atom stereocenters. The molecule has 28 heavy (non-hydrogen) atoms. The molecule has 0 bridgehead atoms. The maximum absolute atomic E-state index is 12.2. The number of amides is 1. The second-order valence-corrected chi connectivity index (χ2v) is 7.60. The topological polar surface area (TPSA) is 113 Å². The van der Waals surface area contributed by atoms with Gasteiger partial charge >= 0.3 is 0 Å². The Balaban J connectivity index is 1.43. The van der Waals surface area contributed by atoms with Crippen LogP contribution in [-0.4, -0.2) is 55.5 Å². The van der Waals surface area contributed by atoms with Crippen molar-refractivity contribution >= 4 is 16.8 Å². The van der Waals surface area contributed by atoms with Gasteiger partial charge in [-0.05, 0) is 31.7 Å². The van der Waals surface area contributed by atoms with Gasteiger partial charge in [0.05, 0.1) is 31.5 Å². The molecule has 2 fully saturated rings. The number of fused-ring (bicyclic) bond motifs is 1. The molecule has 1 saturated heterocycles. The van der Waals surface area contributed by atoms with E-state index < -0.39 is 5.91 Å². The molecule has 146 valence electrons. The molecule has 1 saturated carbocycles. The third-order valence-corrected chi connectivity index (χ3v) is 5.71. The Bertz CT molecular complexity index is 985. The van der Waals surface area contributed by atoms with E-state index in [4.69, 9.17) is 10.5 Å². The van der Waals surface area contributed by atoms with E-state index in [0.717, 1.165) is 49.8 Å². The van der Waals surface area contributed by atoms with Crippen LogP contribution in [0.2, 0.25) is 0 Å². The number of rotatable bonds is 5. The maximum Gasteiger partial charge on any atom is 0.269 e. The summed E-state index contributed by atoms with van der Waals surface area (Å²) in [6.45, 7) is 1.63. The Kier molecular flexibility index (Phi) is 4.33. The van der Waals surface area contributed by atoms with Crippen LogP contribution in [0.15, 0.2) is 31.0 Å². The lowest BCUT2D eigenvalue weighted by Gasteiger charge is -2.35. The molecule has 0 aromatic carbocycles. The van der Waals surface area contributed by atoms with Gasteiger partial charge in [0.25, 0.3) is 5.91 Å². The molecule has 1 aliphatic carbocycles. The number of ether oxygens (including phenoxy) is 1. The highest BCUT2D eigenvalue weighted by Crippen LogP contribution is 2.32. The molecule has 5 rings (SSSR count). The van der Waals surface area contributed by atoms with E-state index in [-0.39, 0.29) is 11.7 Å². The molecule has 1 aliphatic heterocycles. The van der Waals surface area contributed by atoms with Gasteiger partial charge in [0, 0.05) is 23.8 Å². The van der Waals surface area contributed by atoms with Crippen LogP contribution in [-0.2, 0) is 4.74 Å². The van der Waals surface area contributed by atoms with Crippen LogP contribution in [0.1, 0.15) is 42.2 Å². The molecular formula is C19H23N7O2. The largest absolute Gasteiger partial charge is 0.378 e. The zero-order valence-corrected chi connectivity index (χ0v) is 15.5. The summed E-state index contributed by atoms with van der Waals surface area (Å²) in [7, 11) is 0. The standard InChI is InChI=1S/C19H23N7O2/c20-19(27)17-18-12(7-16(24-17)25-6-5-21-11-25)8-22-26(18)15-3-1-13(2-4-15)23-14-9-28-10-14/h5-8,11,13-15,23H,1-4,9-10H2,(H2,20,27). The highest BCUT2D eigenvalue weighted by atomic mass is 16.5. The van der Waals surface area contributed by atoms with Crippen molar-refractivity contribution in [2.75, 3.05) is 13.2 Å². The van der Waals surface area contributed by atoms with Gasteiger partial charge in [-0.1, -0.05) is 0 Å². The van der Waals surface area contributed by atoms with Gasteiger partial charge in [0.2, 0.25) is 0 Å². The monoisotopic (exact) mass is 381 g/mol. The summed E-state index contributed by atoms with van der Waals surface area (Å²) in [5.41, 5.74) is 6.65. The number of nitrogens with one attached hydrogen (secondary N) is 1. The molecule has 0 radical (unpaired) electrons. The number of imidazole rings is 1. The highest BCUT2D eigenvalue weighted by molar-refractivity contribution is 6.03. The van der Waals surface area contributed by atoms with Crippen LogP contribution in [0.5, 0.6) is 0 Å². The van der Waals surface area contributed by atoms with Crippen molar-refractivity contribution in [1.29, 1.82) is 0 Å². The Morgan fingerprint density at radius 3 is 2.68 bits per heavy atom. The van der Waals surface area contributed by atoms with Gasteiger partial charge < -0.3 is 15.8 Å². The summed E-state index contributed by atoms with van der Waals surface area (Å²) < 4.78 is 8.95. The Morgan fingerprint density at radius 1 is 1.21 bits per heavy atom. The van der Waals surface area contributed by atoms with Gasteiger partial charge in [-0.15, -0.1) is 0 Å². The molecule has 0 unspecified atom stereocenters. The average Bonchev–Trinajstić information content (AvgIpc) is 3.34. The zero-order chi connectivity index (χ0) is 19.1. The SMILES string of the molecule is NC(=O)c1nc(-n2ccnc2)cc2cnn(C3CCC(NC4COC4)CC3)c12. The predicted octanol–water partition coefficient (Wildman–Crippen LogP) is 1.19. The number of aromatic nitrogens is 5. The first-order chi connectivity index (χ1) is 13.7. The molecule has 0 spiro atoms. The van der Waals surface area contributed by atoms with Gasteiger partial charge in [-0.25, -0.2) is 9.97 Å². The van der Waals surface area contributed by atoms with Crippen LogP contribution >= 0.6 is 0 Å². The fourth-order valence-corrected chi connectivity index (χ4v) is 4.19. The fraction of sp³-hybridized carbons (Fsp3) is 0.474. The van der Waals surface area contributed by atoms with Crippen molar-refractivity contribution < 1.29 is 9.53 Å². The molecule has 3 aromatic rings. The highest BCUT2D eigenvalue weighted by Gasteiger charge is 2.29. The minimum absolute atomic E-state index is 0.243. The number of pyridine rings is 1. The lowest BCUT2D eigenvalue weighted by atomic mass is 9.90. The second kappa shape index (κ2) is 6.99. The molecular weight excluding hydrogens is 358 g/mol. The van der Waals surface area contributed by atoms with Crippen molar-refractivity contribution in [1.82, 2.24) is 29.6 Å². The third kappa shape index (κ3) is 3.06. The van der Waals surface area contributed by atoms with Gasteiger partial charge in [0.1, 0.15) is 17.7 Å². The summed E-state index contributed by atoms with van der Waals surface area (Å²) in [6.07, 6.45) is 11.0. The van der Waals surface area contributed by atoms with E-state index in [2.05, 4.69) is 20.4 Å². The molecule has 3 aromatic heterocycles. The first kappa shape index (κ1) is 17.3. The fourth-order valence-electron chi connectivity index (χ4n) is 4.19. The van der Waals surface area contributed by atoms with Crippen LogP contribution in [0, 0.1) is 0 Å². The Labute approximate surface area is 161 Å². The second-order valence-electron chi connectivity index (χ2n) is 7.60. The normalized spacial score (nSPS) is 23.0. The average molecular weight is 381 g/mol. The zero-order valence-electron chi connectivity index (χ0n) is 15.5. The molecule has 9 heteroatoms. The van der Waals surface area contributed by atoms with Crippen molar-refractivity contribution in [3.05, 3.63) is 36.7 Å². The molecule has 9 nitrogen and oxygen atoms in total. The number of primary amides is 1. The van der Waals surface area contributed by atoms with E-state index in [1.54, 1.807) is 29.5 Å². The molecule has 1 amide bonds. The third-order valence-electron chi connectivity index (χ3n) is 5.71. The van der Waals surface area contributed by atoms with Crippen molar-refractivity contribution in [2.45, 2.75) is 43.8 Å². The van der Waals surface area contributed by atoms with Crippen LogP contribution in [0.3, 0.4) is 0 Å². The van der Waals surface area contributed by atoms with Gasteiger partial charge in [-0.2, -0.15) is 5.10 Å². The van der Waals surface area contributed by atoms with Crippen molar-refractivity contribution in [3.8, 4) is 5.82 Å². The van der Waals surface area contributed by atoms with Crippen LogP contribution < -0.4 is 11.1 Å². The minimum Gasteiger partial charge on any atom is -0.378 e. The quantitative estimate of drug-likeness (QED) is 0.686. The predicted molar refractivity (Wildman–Crippen MR) is 102 cm³/mol.